The van der Waals surface area contributed by atoms with E-state index in [4.69, 9.17) is 14.3 Å². The molecule has 0 bridgehead atoms. The zero-order valence-electron chi connectivity index (χ0n) is 13.2. The van der Waals surface area contributed by atoms with E-state index in [1.165, 1.54) is 0 Å². The van der Waals surface area contributed by atoms with Crippen LogP contribution < -0.4 is 0 Å². The summed E-state index contributed by atoms with van der Waals surface area (Å²) in [5.41, 5.74) is 0.491. The van der Waals surface area contributed by atoms with Gasteiger partial charge < -0.3 is 9.05 Å². The lowest BCUT2D eigenvalue weighted by molar-refractivity contribution is -0.149. The molecule has 1 unspecified atom stereocenters. The van der Waals surface area contributed by atoms with Crippen molar-refractivity contribution in [1.29, 1.82) is 5.26 Å². The summed E-state index contributed by atoms with van der Waals surface area (Å²) in [7, 11) is -3.48. The average molecular weight is 340 g/mol. The minimum Gasteiger partial charge on any atom is -0.308 e. The molecule has 0 saturated heterocycles. The highest BCUT2D eigenvalue weighted by Crippen LogP contribution is 2.62. The molecule has 0 aliphatic rings. The van der Waals surface area contributed by atoms with E-state index >= 15 is 0 Å². The number of benzene rings is 1. The second-order valence-corrected chi connectivity index (χ2v) is 6.90. The smallest absolute Gasteiger partial charge is 0.308 e. The topological polar surface area (TPSA) is 99.9 Å². The van der Waals surface area contributed by atoms with Crippen LogP contribution in [0.3, 0.4) is 0 Å². The number of hydroxylamine groups is 2. The molecule has 0 spiro atoms. The Kier molecular flexibility index (Phi) is 7.93. The molecule has 1 aromatic rings. The molecule has 1 aromatic carbocycles. The maximum absolute atomic E-state index is 13.1. The van der Waals surface area contributed by atoms with E-state index < -0.39 is 13.3 Å². The van der Waals surface area contributed by atoms with Crippen molar-refractivity contribution < 1.29 is 23.6 Å². The molecule has 0 aliphatic carbocycles. The summed E-state index contributed by atoms with van der Waals surface area (Å²) in [6.07, 6.45) is 0.473. The quantitative estimate of drug-likeness (QED) is 0.304. The van der Waals surface area contributed by atoms with Crippen molar-refractivity contribution in [1.82, 2.24) is 5.06 Å². The Morgan fingerprint density at radius 1 is 1.30 bits per heavy atom. The fourth-order valence-corrected chi connectivity index (χ4v) is 4.29. The van der Waals surface area contributed by atoms with E-state index in [9.17, 15) is 14.6 Å². The summed E-state index contributed by atoms with van der Waals surface area (Å²) in [5.74, 6) is 0. The molecule has 0 aliphatic heterocycles. The van der Waals surface area contributed by atoms with Gasteiger partial charge in [0.15, 0.2) is 0 Å². The van der Waals surface area contributed by atoms with Crippen molar-refractivity contribution >= 4 is 14.0 Å². The highest BCUT2D eigenvalue weighted by molar-refractivity contribution is 7.54. The monoisotopic (exact) mass is 340 g/mol. The summed E-state index contributed by atoms with van der Waals surface area (Å²) in [6.45, 7) is 3.83. The first-order chi connectivity index (χ1) is 11.0. The maximum atomic E-state index is 13.1. The minimum atomic E-state index is -3.48. The van der Waals surface area contributed by atoms with Crippen molar-refractivity contribution in [2.75, 3.05) is 19.8 Å². The fourth-order valence-electron chi connectivity index (χ4n) is 2.17. The van der Waals surface area contributed by atoms with Crippen LogP contribution in [0.4, 0.5) is 0 Å². The molecule has 0 aromatic heterocycles. The van der Waals surface area contributed by atoms with E-state index in [0.29, 0.717) is 16.2 Å². The standard InChI is InChI=1S/C15H21N2O5P/c1-3-21-23(20,22-4-2)15(9-10-17(19)12-18)14-7-5-13(11-16)6-8-14/h5-8,12,15,19H,3-4,9-10H2,1-2H3. The second kappa shape index (κ2) is 9.43. The van der Waals surface area contributed by atoms with Crippen molar-refractivity contribution in [2.24, 2.45) is 0 Å². The van der Waals surface area contributed by atoms with Crippen molar-refractivity contribution in [3.05, 3.63) is 35.4 Å². The average Bonchev–Trinajstić information content (AvgIpc) is 2.55. The molecule has 1 atom stereocenters. The number of nitrogens with zero attached hydrogens (tertiary/aromatic N) is 2. The summed E-state index contributed by atoms with van der Waals surface area (Å²) in [5, 5.41) is 18.7. The number of hydrogen-bond donors (Lipinski definition) is 1. The summed E-state index contributed by atoms with van der Waals surface area (Å²) < 4.78 is 23.8. The van der Waals surface area contributed by atoms with Gasteiger partial charge in [0.1, 0.15) is 0 Å². The third-order valence-electron chi connectivity index (χ3n) is 3.18. The zero-order valence-corrected chi connectivity index (χ0v) is 14.1. The first-order valence-electron chi connectivity index (χ1n) is 7.30. The van der Waals surface area contributed by atoms with Gasteiger partial charge in [0.25, 0.3) is 0 Å². The van der Waals surface area contributed by atoms with Crippen LogP contribution in [0.2, 0.25) is 0 Å². The van der Waals surface area contributed by atoms with Crippen molar-refractivity contribution in [3.8, 4) is 6.07 Å². The number of nitriles is 1. The highest BCUT2D eigenvalue weighted by Gasteiger charge is 2.36. The second-order valence-electron chi connectivity index (χ2n) is 4.68. The summed E-state index contributed by atoms with van der Waals surface area (Å²) in [6, 6.07) is 8.59. The first kappa shape index (κ1) is 19.3. The van der Waals surface area contributed by atoms with E-state index in [2.05, 4.69) is 0 Å². The summed E-state index contributed by atoms with van der Waals surface area (Å²) in [4.78, 5) is 10.5. The van der Waals surface area contributed by atoms with E-state index in [-0.39, 0.29) is 32.6 Å². The number of carbonyl (C=O) groups is 1. The number of amides is 1. The number of rotatable bonds is 10. The lowest BCUT2D eigenvalue weighted by Crippen LogP contribution is -2.21. The lowest BCUT2D eigenvalue weighted by atomic mass is 10.1. The Bertz CT molecular complexity index is 575. The highest BCUT2D eigenvalue weighted by atomic mass is 31.2. The Balaban J connectivity index is 3.14. The molecule has 0 saturated carbocycles. The van der Waals surface area contributed by atoms with Crippen LogP contribution in [0.5, 0.6) is 0 Å². The van der Waals surface area contributed by atoms with Gasteiger partial charge in [-0.05, 0) is 38.0 Å². The third kappa shape index (κ3) is 5.45. The van der Waals surface area contributed by atoms with Crippen LogP contribution in [-0.2, 0) is 18.4 Å². The molecule has 1 amide bonds. The van der Waals surface area contributed by atoms with Crippen LogP contribution >= 0.6 is 7.60 Å². The van der Waals surface area contributed by atoms with Crippen molar-refractivity contribution in [3.63, 3.8) is 0 Å². The Morgan fingerprint density at radius 2 is 1.87 bits per heavy atom. The Labute approximate surface area is 135 Å². The first-order valence-corrected chi connectivity index (χ1v) is 8.91. The number of hydrogen-bond acceptors (Lipinski definition) is 6. The molecular formula is C15H21N2O5P. The van der Waals surface area contributed by atoms with Gasteiger partial charge in [-0.15, -0.1) is 0 Å². The SMILES string of the molecule is CCOP(=O)(OCC)C(CCN(O)C=O)c1ccc(C#N)cc1. The molecule has 1 rings (SSSR count). The molecule has 7 nitrogen and oxygen atoms in total. The van der Waals surface area contributed by atoms with E-state index in [0.717, 1.165) is 0 Å². The molecule has 0 fully saturated rings. The van der Waals surface area contributed by atoms with Gasteiger partial charge in [0.05, 0.1) is 30.5 Å². The fraction of sp³-hybridized carbons (Fsp3) is 0.467. The molecule has 1 N–H and O–H groups in total. The van der Waals surface area contributed by atoms with Gasteiger partial charge >= 0.3 is 7.60 Å². The molecule has 23 heavy (non-hydrogen) atoms. The van der Waals surface area contributed by atoms with Gasteiger partial charge in [0.2, 0.25) is 6.41 Å². The molecule has 126 valence electrons. The number of carbonyl (C=O) groups excluding carboxylic acids is 1. The van der Waals surface area contributed by atoms with Gasteiger partial charge in [-0.2, -0.15) is 5.26 Å². The van der Waals surface area contributed by atoms with E-state index in [1.807, 2.05) is 6.07 Å². The molecular weight excluding hydrogens is 319 g/mol. The van der Waals surface area contributed by atoms with Gasteiger partial charge in [-0.3, -0.25) is 14.6 Å². The largest absolute Gasteiger partial charge is 0.338 e. The normalized spacial score (nSPS) is 12.4. The molecule has 0 radical (unpaired) electrons. The third-order valence-corrected chi connectivity index (χ3v) is 5.73. The van der Waals surface area contributed by atoms with Crippen LogP contribution in [0.25, 0.3) is 0 Å². The van der Waals surface area contributed by atoms with Crippen molar-refractivity contribution in [2.45, 2.75) is 25.9 Å². The Hall–Kier alpha value is -1.71. The van der Waals surface area contributed by atoms with Gasteiger partial charge in [0, 0.05) is 6.54 Å². The Morgan fingerprint density at radius 3 is 2.30 bits per heavy atom. The van der Waals surface area contributed by atoms with Gasteiger partial charge in [-0.1, -0.05) is 12.1 Å². The van der Waals surface area contributed by atoms with Crippen LogP contribution in [0.15, 0.2) is 24.3 Å². The lowest BCUT2D eigenvalue weighted by Gasteiger charge is -2.27. The predicted octanol–water partition coefficient (Wildman–Crippen LogP) is 3.10. The van der Waals surface area contributed by atoms with Crippen LogP contribution in [-0.4, -0.2) is 36.4 Å². The zero-order chi connectivity index (χ0) is 17.3. The van der Waals surface area contributed by atoms with Crippen LogP contribution in [0, 0.1) is 11.3 Å². The minimum absolute atomic E-state index is 0.0156. The van der Waals surface area contributed by atoms with Gasteiger partial charge in [-0.25, -0.2) is 5.06 Å². The van der Waals surface area contributed by atoms with Crippen LogP contribution in [0.1, 0.15) is 37.1 Å². The summed E-state index contributed by atoms with van der Waals surface area (Å²) >= 11 is 0. The molecule has 8 heteroatoms. The predicted molar refractivity (Wildman–Crippen MR) is 83.9 cm³/mol. The maximum Gasteiger partial charge on any atom is 0.338 e. The molecule has 0 heterocycles. The van der Waals surface area contributed by atoms with E-state index in [1.54, 1.807) is 38.1 Å².